The topological polar surface area (TPSA) is 87.7 Å². The van der Waals surface area contributed by atoms with E-state index in [9.17, 15) is 23.2 Å². The summed E-state index contributed by atoms with van der Waals surface area (Å²) in [4.78, 5) is 37.3. The van der Waals surface area contributed by atoms with Crippen LogP contribution in [0.4, 0.5) is 19.3 Å². The SMILES string of the molecule is O=C(CN1C(=O)NC2(CCOCC2)C1=O)Nc1cc(F)cc(F)c1. The van der Waals surface area contributed by atoms with Crippen LogP contribution in [0.25, 0.3) is 0 Å². The minimum Gasteiger partial charge on any atom is -0.381 e. The molecule has 0 radical (unpaired) electrons. The van der Waals surface area contributed by atoms with Gasteiger partial charge in [0.2, 0.25) is 5.91 Å². The maximum atomic E-state index is 13.1. The number of hydrogen-bond donors (Lipinski definition) is 2. The quantitative estimate of drug-likeness (QED) is 0.805. The van der Waals surface area contributed by atoms with Gasteiger partial charge in [0.15, 0.2) is 0 Å². The molecule has 7 nitrogen and oxygen atoms in total. The summed E-state index contributed by atoms with van der Waals surface area (Å²) < 4.78 is 31.4. The van der Waals surface area contributed by atoms with Gasteiger partial charge in [0.1, 0.15) is 23.7 Å². The number of nitrogens with one attached hydrogen (secondary N) is 2. The Bertz CT molecular complexity index is 684. The van der Waals surface area contributed by atoms with Gasteiger partial charge in [-0.25, -0.2) is 13.6 Å². The highest BCUT2D eigenvalue weighted by Gasteiger charge is 2.52. The molecule has 9 heteroatoms. The molecule has 2 saturated heterocycles. The molecule has 24 heavy (non-hydrogen) atoms. The van der Waals surface area contributed by atoms with Crippen molar-refractivity contribution in [1.82, 2.24) is 10.2 Å². The van der Waals surface area contributed by atoms with Gasteiger partial charge in [-0.1, -0.05) is 0 Å². The zero-order valence-corrected chi connectivity index (χ0v) is 12.6. The summed E-state index contributed by atoms with van der Waals surface area (Å²) in [5, 5.41) is 4.88. The lowest BCUT2D eigenvalue weighted by Crippen LogP contribution is -2.51. The predicted octanol–water partition coefficient (Wildman–Crippen LogP) is 1.00. The standard InChI is InChI=1S/C15H15F2N3O4/c16-9-5-10(17)7-11(6-9)18-12(21)8-20-13(22)15(19-14(20)23)1-3-24-4-2-15/h5-7H,1-4,8H2,(H,18,21)(H,19,23). The Labute approximate surface area is 135 Å². The van der Waals surface area contributed by atoms with E-state index in [4.69, 9.17) is 4.74 Å². The number of nitrogens with zero attached hydrogens (tertiary/aromatic N) is 1. The summed E-state index contributed by atoms with van der Waals surface area (Å²) in [5.74, 6) is -2.91. The lowest BCUT2D eigenvalue weighted by molar-refractivity contribution is -0.136. The number of hydrogen-bond acceptors (Lipinski definition) is 4. The highest BCUT2D eigenvalue weighted by molar-refractivity contribution is 6.10. The number of ether oxygens (including phenoxy) is 1. The fourth-order valence-electron chi connectivity index (χ4n) is 2.85. The van der Waals surface area contributed by atoms with E-state index >= 15 is 0 Å². The molecule has 3 rings (SSSR count). The van der Waals surface area contributed by atoms with Crippen molar-refractivity contribution in [2.45, 2.75) is 18.4 Å². The number of carbonyl (C=O) groups excluding carboxylic acids is 3. The number of imide groups is 1. The first-order valence-corrected chi connectivity index (χ1v) is 7.37. The van der Waals surface area contributed by atoms with Crippen molar-refractivity contribution in [3.05, 3.63) is 29.8 Å². The second-order valence-corrected chi connectivity index (χ2v) is 5.72. The first-order chi connectivity index (χ1) is 11.4. The summed E-state index contributed by atoms with van der Waals surface area (Å²) in [5.41, 5.74) is -1.12. The minimum absolute atomic E-state index is 0.0923. The van der Waals surface area contributed by atoms with Crippen LogP contribution >= 0.6 is 0 Å². The maximum Gasteiger partial charge on any atom is 0.325 e. The average Bonchev–Trinajstić information content (AvgIpc) is 2.71. The predicted molar refractivity (Wildman–Crippen MR) is 78.0 cm³/mol. The van der Waals surface area contributed by atoms with Crippen LogP contribution in [0.3, 0.4) is 0 Å². The minimum atomic E-state index is -1.03. The molecule has 0 bridgehead atoms. The van der Waals surface area contributed by atoms with Crippen LogP contribution in [-0.2, 0) is 14.3 Å². The summed E-state index contributed by atoms with van der Waals surface area (Å²) >= 11 is 0. The molecule has 1 spiro atoms. The van der Waals surface area contributed by atoms with Crippen molar-refractivity contribution in [2.24, 2.45) is 0 Å². The van der Waals surface area contributed by atoms with Gasteiger partial charge in [-0.05, 0) is 12.1 Å². The van der Waals surface area contributed by atoms with E-state index in [0.717, 1.165) is 17.0 Å². The number of halogens is 2. The Balaban J connectivity index is 1.67. The molecule has 2 heterocycles. The molecule has 128 valence electrons. The fourth-order valence-corrected chi connectivity index (χ4v) is 2.85. The molecular formula is C15H15F2N3O4. The van der Waals surface area contributed by atoms with Gasteiger partial charge in [0.05, 0.1) is 0 Å². The monoisotopic (exact) mass is 339 g/mol. The number of anilines is 1. The van der Waals surface area contributed by atoms with Gasteiger partial charge < -0.3 is 15.4 Å². The molecule has 2 aliphatic heterocycles. The van der Waals surface area contributed by atoms with Crippen LogP contribution in [0.1, 0.15) is 12.8 Å². The van der Waals surface area contributed by atoms with Crippen molar-refractivity contribution < 1.29 is 27.9 Å². The highest BCUT2D eigenvalue weighted by atomic mass is 19.1. The molecule has 0 unspecified atom stereocenters. The number of amides is 4. The first-order valence-electron chi connectivity index (χ1n) is 7.37. The second-order valence-electron chi connectivity index (χ2n) is 5.72. The van der Waals surface area contributed by atoms with Gasteiger partial charge in [0, 0.05) is 37.8 Å². The van der Waals surface area contributed by atoms with Crippen LogP contribution < -0.4 is 10.6 Å². The highest BCUT2D eigenvalue weighted by Crippen LogP contribution is 2.28. The van der Waals surface area contributed by atoms with Gasteiger partial charge in [-0.3, -0.25) is 14.5 Å². The molecule has 2 aliphatic rings. The molecule has 0 atom stereocenters. The zero-order chi connectivity index (χ0) is 17.3. The second kappa shape index (κ2) is 6.16. The van der Waals surface area contributed by atoms with E-state index in [2.05, 4.69) is 10.6 Å². The molecule has 4 amide bonds. The Morgan fingerprint density at radius 3 is 2.46 bits per heavy atom. The van der Waals surface area contributed by atoms with Gasteiger partial charge in [0.25, 0.3) is 5.91 Å². The molecule has 2 fully saturated rings. The number of rotatable bonds is 3. The van der Waals surface area contributed by atoms with E-state index in [1.165, 1.54) is 0 Å². The third kappa shape index (κ3) is 3.07. The smallest absolute Gasteiger partial charge is 0.325 e. The van der Waals surface area contributed by atoms with Crippen LogP contribution in [0.2, 0.25) is 0 Å². The molecule has 1 aromatic rings. The third-order valence-corrected chi connectivity index (χ3v) is 4.04. The van der Waals surface area contributed by atoms with Crippen molar-refractivity contribution in [3.63, 3.8) is 0 Å². The zero-order valence-electron chi connectivity index (χ0n) is 12.6. The van der Waals surface area contributed by atoms with E-state index in [1.54, 1.807) is 0 Å². The van der Waals surface area contributed by atoms with Gasteiger partial charge in [-0.2, -0.15) is 0 Å². The van der Waals surface area contributed by atoms with Crippen LogP contribution in [0, 0.1) is 11.6 Å². The molecule has 0 aliphatic carbocycles. The lowest BCUT2D eigenvalue weighted by Gasteiger charge is -2.30. The summed E-state index contributed by atoms with van der Waals surface area (Å²) in [6, 6.07) is 1.88. The maximum absolute atomic E-state index is 13.1. The fraction of sp³-hybridized carbons (Fsp3) is 0.400. The van der Waals surface area contributed by atoms with E-state index in [-0.39, 0.29) is 5.69 Å². The molecule has 0 saturated carbocycles. The summed E-state index contributed by atoms with van der Waals surface area (Å²) in [6.07, 6.45) is 0.676. The number of carbonyl (C=O) groups is 3. The molecule has 0 aromatic heterocycles. The number of urea groups is 1. The molecular weight excluding hydrogens is 324 g/mol. The Kier molecular flexibility index (Phi) is 4.18. The normalized spacial score (nSPS) is 19.5. The van der Waals surface area contributed by atoms with E-state index < -0.39 is 41.6 Å². The molecule has 2 N–H and O–H groups in total. The van der Waals surface area contributed by atoms with Gasteiger partial charge in [-0.15, -0.1) is 0 Å². The Hall–Kier alpha value is -2.55. The molecule has 1 aromatic carbocycles. The van der Waals surface area contributed by atoms with Crippen LogP contribution in [-0.4, -0.2) is 48.0 Å². The summed E-state index contributed by atoms with van der Waals surface area (Å²) in [6.45, 7) is 0.147. The number of benzene rings is 1. The largest absolute Gasteiger partial charge is 0.381 e. The Morgan fingerprint density at radius 1 is 1.21 bits per heavy atom. The summed E-state index contributed by atoms with van der Waals surface area (Å²) in [7, 11) is 0. The van der Waals surface area contributed by atoms with E-state index in [1.807, 2.05) is 0 Å². The lowest BCUT2D eigenvalue weighted by atomic mass is 9.90. The first kappa shape index (κ1) is 16.3. The van der Waals surface area contributed by atoms with Crippen molar-refractivity contribution >= 4 is 23.5 Å². The van der Waals surface area contributed by atoms with Gasteiger partial charge >= 0.3 is 6.03 Å². The van der Waals surface area contributed by atoms with Crippen molar-refractivity contribution in [1.29, 1.82) is 0 Å². The third-order valence-electron chi connectivity index (χ3n) is 4.04. The van der Waals surface area contributed by atoms with E-state index in [0.29, 0.717) is 32.1 Å². The van der Waals surface area contributed by atoms with Crippen LogP contribution in [0.15, 0.2) is 18.2 Å². The Morgan fingerprint density at radius 2 is 1.83 bits per heavy atom. The van der Waals surface area contributed by atoms with Crippen molar-refractivity contribution in [2.75, 3.05) is 25.1 Å². The van der Waals surface area contributed by atoms with Crippen molar-refractivity contribution in [3.8, 4) is 0 Å². The average molecular weight is 339 g/mol. The van der Waals surface area contributed by atoms with Crippen LogP contribution in [0.5, 0.6) is 0 Å².